The zero-order chi connectivity index (χ0) is 14.1. The van der Waals surface area contributed by atoms with Crippen LogP contribution in [0.15, 0.2) is 18.2 Å². The standard InChI is InChI=1S/C15H26N2O2/c1-12-5-6-15(19-4)14(9-12)11-17-13(2)10-16-7-8-18-3/h5-6,9,13,16-17H,7-8,10-11H2,1-4H3. The smallest absolute Gasteiger partial charge is 0.123 e. The van der Waals surface area contributed by atoms with Crippen LogP contribution in [-0.4, -0.2) is 40.0 Å². The van der Waals surface area contributed by atoms with Gasteiger partial charge in [-0.25, -0.2) is 0 Å². The minimum Gasteiger partial charge on any atom is -0.496 e. The average molecular weight is 266 g/mol. The number of rotatable bonds is 9. The molecule has 0 saturated carbocycles. The van der Waals surface area contributed by atoms with Crippen LogP contribution in [0.5, 0.6) is 5.75 Å². The van der Waals surface area contributed by atoms with Crippen molar-refractivity contribution in [3.63, 3.8) is 0 Å². The maximum atomic E-state index is 5.37. The van der Waals surface area contributed by atoms with E-state index in [1.165, 1.54) is 11.1 Å². The molecule has 1 atom stereocenters. The van der Waals surface area contributed by atoms with E-state index in [0.29, 0.717) is 6.04 Å². The third-order valence-electron chi connectivity index (χ3n) is 3.01. The lowest BCUT2D eigenvalue weighted by atomic mass is 10.1. The molecule has 1 aromatic carbocycles. The summed E-state index contributed by atoms with van der Waals surface area (Å²) in [6.45, 7) is 7.64. The van der Waals surface area contributed by atoms with E-state index in [4.69, 9.17) is 9.47 Å². The fourth-order valence-electron chi connectivity index (χ4n) is 1.89. The van der Waals surface area contributed by atoms with Gasteiger partial charge in [0.25, 0.3) is 0 Å². The highest BCUT2D eigenvalue weighted by Gasteiger charge is 2.05. The van der Waals surface area contributed by atoms with E-state index < -0.39 is 0 Å². The Balaban J connectivity index is 2.36. The summed E-state index contributed by atoms with van der Waals surface area (Å²) in [5.41, 5.74) is 2.45. The second-order valence-corrected chi connectivity index (χ2v) is 4.79. The number of benzene rings is 1. The fourth-order valence-corrected chi connectivity index (χ4v) is 1.89. The summed E-state index contributed by atoms with van der Waals surface area (Å²) < 4.78 is 10.4. The Morgan fingerprint density at radius 3 is 2.74 bits per heavy atom. The number of aryl methyl sites for hydroxylation is 1. The van der Waals surface area contributed by atoms with Gasteiger partial charge in [0.15, 0.2) is 0 Å². The van der Waals surface area contributed by atoms with Crippen molar-refractivity contribution in [2.75, 3.05) is 33.9 Å². The van der Waals surface area contributed by atoms with Gasteiger partial charge in [-0.2, -0.15) is 0 Å². The first-order valence-corrected chi connectivity index (χ1v) is 6.74. The Labute approximate surface area is 116 Å². The molecule has 0 aliphatic carbocycles. The van der Waals surface area contributed by atoms with Crippen molar-refractivity contribution in [1.29, 1.82) is 0 Å². The lowest BCUT2D eigenvalue weighted by molar-refractivity contribution is 0.198. The zero-order valence-electron chi connectivity index (χ0n) is 12.5. The second-order valence-electron chi connectivity index (χ2n) is 4.79. The zero-order valence-corrected chi connectivity index (χ0v) is 12.5. The highest BCUT2D eigenvalue weighted by molar-refractivity contribution is 5.36. The van der Waals surface area contributed by atoms with Crippen molar-refractivity contribution in [2.24, 2.45) is 0 Å². The Kier molecular flexibility index (Phi) is 7.48. The highest BCUT2D eigenvalue weighted by Crippen LogP contribution is 2.19. The van der Waals surface area contributed by atoms with Crippen molar-refractivity contribution in [2.45, 2.75) is 26.4 Å². The van der Waals surface area contributed by atoms with Gasteiger partial charge >= 0.3 is 0 Å². The molecule has 0 spiro atoms. The van der Waals surface area contributed by atoms with Crippen molar-refractivity contribution < 1.29 is 9.47 Å². The molecule has 0 bridgehead atoms. The molecule has 4 heteroatoms. The van der Waals surface area contributed by atoms with Gasteiger partial charge in [-0.3, -0.25) is 0 Å². The molecule has 0 heterocycles. The molecule has 1 aromatic rings. The molecule has 0 aromatic heterocycles. The maximum absolute atomic E-state index is 5.37. The maximum Gasteiger partial charge on any atom is 0.123 e. The lowest BCUT2D eigenvalue weighted by Gasteiger charge is -2.16. The van der Waals surface area contributed by atoms with Crippen LogP contribution in [-0.2, 0) is 11.3 Å². The van der Waals surface area contributed by atoms with E-state index in [9.17, 15) is 0 Å². The van der Waals surface area contributed by atoms with Crippen LogP contribution >= 0.6 is 0 Å². The van der Waals surface area contributed by atoms with E-state index in [1.54, 1.807) is 14.2 Å². The van der Waals surface area contributed by atoms with Crippen LogP contribution in [0.2, 0.25) is 0 Å². The van der Waals surface area contributed by atoms with E-state index in [-0.39, 0.29) is 0 Å². The number of hydrogen-bond acceptors (Lipinski definition) is 4. The molecule has 0 amide bonds. The summed E-state index contributed by atoms with van der Waals surface area (Å²) in [6, 6.07) is 6.66. The first-order valence-electron chi connectivity index (χ1n) is 6.74. The molecular weight excluding hydrogens is 240 g/mol. The molecule has 0 aliphatic rings. The van der Waals surface area contributed by atoms with Crippen LogP contribution in [0.3, 0.4) is 0 Å². The summed E-state index contributed by atoms with van der Waals surface area (Å²) in [4.78, 5) is 0. The molecule has 0 fully saturated rings. The Hall–Kier alpha value is -1.10. The molecule has 1 unspecified atom stereocenters. The molecule has 0 radical (unpaired) electrons. The van der Waals surface area contributed by atoms with Gasteiger partial charge in [-0.1, -0.05) is 17.7 Å². The van der Waals surface area contributed by atoms with Gasteiger partial charge in [0, 0.05) is 38.3 Å². The van der Waals surface area contributed by atoms with E-state index >= 15 is 0 Å². The first kappa shape index (κ1) is 16.0. The monoisotopic (exact) mass is 266 g/mol. The van der Waals surface area contributed by atoms with Crippen LogP contribution in [0.4, 0.5) is 0 Å². The minimum absolute atomic E-state index is 0.405. The van der Waals surface area contributed by atoms with Crippen LogP contribution < -0.4 is 15.4 Å². The van der Waals surface area contributed by atoms with Crippen LogP contribution in [0.25, 0.3) is 0 Å². The Bertz CT molecular complexity index is 369. The molecule has 0 saturated heterocycles. The van der Waals surface area contributed by atoms with Crippen molar-refractivity contribution in [3.05, 3.63) is 29.3 Å². The number of hydrogen-bond donors (Lipinski definition) is 2. The molecule has 0 aliphatic heterocycles. The quantitative estimate of drug-likeness (QED) is 0.668. The van der Waals surface area contributed by atoms with E-state index in [1.807, 2.05) is 6.07 Å². The SMILES string of the molecule is COCCNCC(C)NCc1cc(C)ccc1OC. The summed E-state index contributed by atoms with van der Waals surface area (Å²) >= 11 is 0. The van der Waals surface area contributed by atoms with Gasteiger partial charge < -0.3 is 20.1 Å². The number of methoxy groups -OCH3 is 2. The third-order valence-corrected chi connectivity index (χ3v) is 3.01. The van der Waals surface area contributed by atoms with Gasteiger partial charge in [-0.15, -0.1) is 0 Å². The molecule has 2 N–H and O–H groups in total. The summed E-state index contributed by atoms with van der Waals surface area (Å²) in [5.74, 6) is 0.942. The average Bonchev–Trinajstić information content (AvgIpc) is 2.41. The Morgan fingerprint density at radius 2 is 2.05 bits per heavy atom. The molecule has 19 heavy (non-hydrogen) atoms. The van der Waals surface area contributed by atoms with E-state index in [2.05, 4.69) is 36.6 Å². The highest BCUT2D eigenvalue weighted by atomic mass is 16.5. The molecule has 1 rings (SSSR count). The topological polar surface area (TPSA) is 42.5 Å². The van der Waals surface area contributed by atoms with Crippen molar-refractivity contribution in [1.82, 2.24) is 10.6 Å². The molecule has 4 nitrogen and oxygen atoms in total. The predicted octanol–water partition coefficient (Wildman–Crippen LogP) is 1.72. The van der Waals surface area contributed by atoms with Crippen molar-refractivity contribution in [3.8, 4) is 5.75 Å². The predicted molar refractivity (Wildman–Crippen MR) is 78.8 cm³/mol. The lowest BCUT2D eigenvalue weighted by Crippen LogP contribution is -2.37. The van der Waals surface area contributed by atoms with Crippen LogP contribution in [0, 0.1) is 6.92 Å². The largest absolute Gasteiger partial charge is 0.496 e. The normalized spacial score (nSPS) is 12.4. The molecular formula is C15H26N2O2. The van der Waals surface area contributed by atoms with Gasteiger partial charge in [0.2, 0.25) is 0 Å². The minimum atomic E-state index is 0.405. The third kappa shape index (κ3) is 6.05. The fraction of sp³-hybridized carbons (Fsp3) is 0.600. The summed E-state index contributed by atoms with van der Waals surface area (Å²) in [7, 11) is 3.43. The van der Waals surface area contributed by atoms with Gasteiger partial charge in [0.1, 0.15) is 5.75 Å². The van der Waals surface area contributed by atoms with Gasteiger partial charge in [-0.05, 0) is 19.9 Å². The van der Waals surface area contributed by atoms with Crippen molar-refractivity contribution >= 4 is 0 Å². The van der Waals surface area contributed by atoms with E-state index in [0.717, 1.165) is 32.0 Å². The number of nitrogens with one attached hydrogen (secondary N) is 2. The Morgan fingerprint density at radius 1 is 1.26 bits per heavy atom. The van der Waals surface area contributed by atoms with Crippen LogP contribution in [0.1, 0.15) is 18.1 Å². The van der Waals surface area contributed by atoms with Gasteiger partial charge in [0.05, 0.1) is 13.7 Å². The second kappa shape index (κ2) is 8.91. The summed E-state index contributed by atoms with van der Waals surface area (Å²) in [6.07, 6.45) is 0. The first-order chi connectivity index (χ1) is 9.17. The summed E-state index contributed by atoms with van der Waals surface area (Å²) in [5, 5.41) is 6.84. The number of ether oxygens (including phenoxy) is 2. The molecule has 108 valence electrons.